The molecule has 2 aromatic rings. The molecule has 0 unspecified atom stereocenters. The van der Waals surface area contributed by atoms with Crippen LogP contribution in [0.5, 0.6) is 5.75 Å². The Hall–Kier alpha value is -1.61. The molecule has 19 heavy (non-hydrogen) atoms. The molecule has 0 atom stereocenters. The Balaban J connectivity index is 1.58. The Morgan fingerprint density at radius 2 is 2.16 bits per heavy atom. The number of nitrogens with one attached hydrogen (secondary N) is 1. The van der Waals surface area contributed by atoms with Crippen LogP contribution in [0.25, 0.3) is 10.9 Å². The highest BCUT2D eigenvalue weighted by Gasteiger charge is 2.30. The fourth-order valence-electron chi connectivity index (χ4n) is 2.48. The molecule has 1 aliphatic carbocycles. The van der Waals surface area contributed by atoms with Crippen molar-refractivity contribution in [2.45, 2.75) is 38.3 Å². The topological polar surface area (TPSA) is 34.1 Å². The number of nitrogens with zero attached hydrogens (tertiary/aromatic N) is 1. The van der Waals surface area contributed by atoms with Crippen LogP contribution in [0.3, 0.4) is 0 Å². The number of para-hydroxylation sites is 1. The minimum Gasteiger partial charge on any atom is -0.489 e. The van der Waals surface area contributed by atoms with Gasteiger partial charge in [-0.1, -0.05) is 25.1 Å². The number of benzene rings is 1. The van der Waals surface area contributed by atoms with Crippen LogP contribution in [-0.2, 0) is 0 Å². The lowest BCUT2D eigenvalue weighted by Gasteiger charge is -2.35. The summed E-state index contributed by atoms with van der Waals surface area (Å²) in [6, 6.07) is 10.8. The van der Waals surface area contributed by atoms with Crippen molar-refractivity contribution in [1.82, 2.24) is 10.3 Å². The molecule has 100 valence electrons. The SMILES string of the molecule is CCCNC1CC(Oc2cnc3ccccc3c2)C1. The first-order valence-corrected chi connectivity index (χ1v) is 7.10. The van der Waals surface area contributed by atoms with Crippen LogP contribution in [-0.4, -0.2) is 23.7 Å². The van der Waals surface area contributed by atoms with Gasteiger partial charge in [-0.15, -0.1) is 0 Å². The maximum absolute atomic E-state index is 5.97. The van der Waals surface area contributed by atoms with Crippen molar-refractivity contribution in [3.63, 3.8) is 0 Å². The normalized spacial score (nSPS) is 22.2. The molecular weight excluding hydrogens is 236 g/mol. The van der Waals surface area contributed by atoms with Crippen molar-refractivity contribution in [2.75, 3.05) is 6.54 Å². The molecule has 1 saturated carbocycles. The molecule has 0 spiro atoms. The zero-order chi connectivity index (χ0) is 13.1. The van der Waals surface area contributed by atoms with Crippen molar-refractivity contribution in [2.24, 2.45) is 0 Å². The molecule has 0 bridgehead atoms. The summed E-state index contributed by atoms with van der Waals surface area (Å²) in [4.78, 5) is 4.42. The summed E-state index contributed by atoms with van der Waals surface area (Å²) in [7, 11) is 0. The van der Waals surface area contributed by atoms with Crippen molar-refractivity contribution < 1.29 is 4.74 Å². The van der Waals surface area contributed by atoms with E-state index < -0.39 is 0 Å². The molecule has 1 aromatic carbocycles. The number of ether oxygens (including phenoxy) is 1. The van der Waals surface area contributed by atoms with Gasteiger partial charge in [-0.05, 0) is 37.9 Å². The lowest BCUT2D eigenvalue weighted by Crippen LogP contribution is -2.46. The highest BCUT2D eigenvalue weighted by atomic mass is 16.5. The molecule has 1 N–H and O–H groups in total. The van der Waals surface area contributed by atoms with Gasteiger partial charge in [0.2, 0.25) is 0 Å². The van der Waals surface area contributed by atoms with Gasteiger partial charge in [0.15, 0.2) is 0 Å². The summed E-state index contributed by atoms with van der Waals surface area (Å²) in [5.74, 6) is 0.887. The third-order valence-electron chi connectivity index (χ3n) is 3.65. The van der Waals surface area contributed by atoms with E-state index in [1.165, 1.54) is 6.42 Å². The van der Waals surface area contributed by atoms with Crippen LogP contribution in [0.15, 0.2) is 36.5 Å². The number of hydrogen-bond acceptors (Lipinski definition) is 3. The number of rotatable bonds is 5. The van der Waals surface area contributed by atoms with Crippen LogP contribution in [0.1, 0.15) is 26.2 Å². The number of pyridine rings is 1. The molecule has 1 fully saturated rings. The first kappa shape index (κ1) is 12.4. The zero-order valence-corrected chi connectivity index (χ0v) is 11.3. The smallest absolute Gasteiger partial charge is 0.138 e. The van der Waals surface area contributed by atoms with E-state index in [2.05, 4.69) is 29.4 Å². The molecule has 1 aliphatic rings. The molecule has 0 saturated heterocycles. The standard InChI is InChI=1S/C16H20N2O/c1-2-7-17-13-9-14(10-13)19-15-8-12-5-3-4-6-16(12)18-11-15/h3-6,8,11,13-14,17H,2,7,9-10H2,1H3. The van der Waals surface area contributed by atoms with Gasteiger partial charge in [0.25, 0.3) is 0 Å². The van der Waals surface area contributed by atoms with Gasteiger partial charge in [-0.2, -0.15) is 0 Å². The number of hydrogen-bond donors (Lipinski definition) is 1. The van der Waals surface area contributed by atoms with Crippen LogP contribution in [0, 0.1) is 0 Å². The Kier molecular flexibility index (Phi) is 3.65. The summed E-state index contributed by atoms with van der Waals surface area (Å²) in [5.41, 5.74) is 1.02. The summed E-state index contributed by atoms with van der Waals surface area (Å²) in [6.45, 7) is 3.30. The third kappa shape index (κ3) is 2.87. The highest BCUT2D eigenvalue weighted by molar-refractivity contribution is 5.79. The monoisotopic (exact) mass is 256 g/mol. The number of fused-ring (bicyclic) bond motifs is 1. The first-order valence-electron chi connectivity index (χ1n) is 7.10. The average molecular weight is 256 g/mol. The van der Waals surface area contributed by atoms with E-state index in [1.807, 2.05) is 24.4 Å². The second-order valence-corrected chi connectivity index (χ2v) is 5.23. The minimum atomic E-state index is 0.345. The predicted octanol–water partition coefficient (Wildman–Crippen LogP) is 3.14. The summed E-state index contributed by atoms with van der Waals surface area (Å²) >= 11 is 0. The maximum Gasteiger partial charge on any atom is 0.138 e. The fourth-order valence-corrected chi connectivity index (χ4v) is 2.48. The molecule has 3 nitrogen and oxygen atoms in total. The van der Waals surface area contributed by atoms with Gasteiger partial charge in [-0.25, -0.2) is 0 Å². The average Bonchev–Trinajstić information content (AvgIpc) is 2.41. The van der Waals surface area contributed by atoms with E-state index in [1.54, 1.807) is 0 Å². The molecule has 0 radical (unpaired) electrons. The lowest BCUT2D eigenvalue weighted by molar-refractivity contribution is 0.0850. The van der Waals surface area contributed by atoms with Crippen LogP contribution < -0.4 is 10.1 Å². The Morgan fingerprint density at radius 1 is 1.32 bits per heavy atom. The van der Waals surface area contributed by atoms with Crippen LogP contribution >= 0.6 is 0 Å². The van der Waals surface area contributed by atoms with E-state index >= 15 is 0 Å². The predicted molar refractivity (Wildman–Crippen MR) is 77.5 cm³/mol. The third-order valence-corrected chi connectivity index (χ3v) is 3.65. The van der Waals surface area contributed by atoms with Crippen molar-refractivity contribution in [1.29, 1.82) is 0 Å². The van der Waals surface area contributed by atoms with Gasteiger partial charge >= 0.3 is 0 Å². The highest BCUT2D eigenvalue weighted by Crippen LogP contribution is 2.27. The summed E-state index contributed by atoms with van der Waals surface area (Å²) in [5, 5.41) is 4.66. The molecule has 0 amide bonds. The second kappa shape index (κ2) is 5.57. The largest absolute Gasteiger partial charge is 0.489 e. The van der Waals surface area contributed by atoms with Gasteiger partial charge in [0, 0.05) is 11.4 Å². The summed E-state index contributed by atoms with van der Waals surface area (Å²) in [6.07, 6.45) is 5.57. The molecule has 3 heteroatoms. The molecular formula is C16H20N2O. The lowest BCUT2D eigenvalue weighted by atomic mass is 9.89. The Morgan fingerprint density at radius 3 is 3.00 bits per heavy atom. The first-order chi connectivity index (χ1) is 9.35. The van der Waals surface area contributed by atoms with Crippen molar-refractivity contribution >= 4 is 10.9 Å². The van der Waals surface area contributed by atoms with Gasteiger partial charge in [-0.3, -0.25) is 4.98 Å². The van der Waals surface area contributed by atoms with Crippen molar-refractivity contribution in [3.8, 4) is 5.75 Å². The van der Waals surface area contributed by atoms with Crippen molar-refractivity contribution in [3.05, 3.63) is 36.5 Å². The summed E-state index contributed by atoms with van der Waals surface area (Å²) < 4.78 is 5.97. The van der Waals surface area contributed by atoms with Crippen LogP contribution in [0.4, 0.5) is 0 Å². The van der Waals surface area contributed by atoms with E-state index in [9.17, 15) is 0 Å². The van der Waals surface area contributed by atoms with Crippen LogP contribution in [0.2, 0.25) is 0 Å². The zero-order valence-electron chi connectivity index (χ0n) is 11.3. The number of aromatic nitrogens is 1. The van der Waals surface area contributed by atoms with Gasteiger partial charge in [0.05, 0.1) is 11.7 Å². The second-order valence-electron chi connectivity index (χ2n) is 5.23. The van der Waals surface area contributed by atoms with E-state index in [0.29, 0.717) is 12.1 Å². The van der Waals surface area contributed by atoms with E-state index in [4.69, 9.17) is 4.74 Å². The molecule has 1 aromatic heterocycles. The quantitative estimate of drug-likeness (QED) is 0.892. The Labute approximate surface area is 114 Å². The molecule has 3 rings (SSSR count). The van der Waals surface area contributed by atoms with E-state index in [-0.39, 0.29) is 0 Å². The fraction of sp³-hybridized carbons (Fsp3) is 0.438. The maximum atomic E-state index is 5.97. The van der Waals surface area contributed by atoms with Gasteiger partial charge in [0.1, 0.15) is 11.9 Å². The van der Waals surface area contributed by atoms with Gasteiger partial charge < -0.3 is 10.1 Å². The minimum absolute atomic E-state index is 0.345. The Bertz CT molecular complexity index is 549. The molecule has 1 heterocycles. The van der Waals surface area contributed by atoms with E-state index in [0.717, 1.165) is 36.0 Å². The molecule has 0 aliphatic heterocycles.